The number of carbonyl (C=O) groups is 3. The lowest BCUT2D eigenvalue weighted by molar-refractivity contribution is -0.142. The van der Waals surface area contributed by atoms with Gasteiger partial charge in [-0.15, -0.1) is 0 Å². The fraction of sp³-hybridized carbons (Fsp3) is 0.176. The Balaban J connectivity index is 2.03. The Labute approximate surface area is 137 Å². The van der Waals surface area contributed by atoms with Crippen molar-refractivity contribution in [3.8, 4) is 0 Å². The molecule has 0 saturated heterocycles. The molecule has 0 atom stereocenters. The van der Waals surface area contributed by atoms with Crippen molar-refractivity contribution in [2.45, 2.75) is 13.3 Å². The zero-order valence-electron chi connectivity index (χ0n) is 12.9. The van der Waals surface area contributed by atoms with Crippen LogP contribution < -0.4 is 0 Å². The molecule has 1 N–H and O–H groups in total. The first-order chi connectivity index (χ1) is 11.5. The molecule has 1 aromatic heterocycles. The molecule has 1 aliphatic rings. The Morgan fingerprint density at radius 1 is 1.33 bits per heavy atom. The number of esters is 1. The first kappa shape index (κ1) is 15.7. The van der Waals surface area contributed by atoms with Crippen LogP contribution in [0.1, 0.15) is 39.0 Å². The summed E-state index contributed by atoms with van der Waals surface area (Å²) in [7, 11) is 0. The highest BCUT2D eigenvalue weighted by Crippen LogP contribution is 2.31. The van der Waals surface area contributed by atoms with E-state index in [0.29, 0.717) is 16.7 Å². The van der Waals surface area contributed by atoms with Crippen molar-refractivity contribution in [2.75, 3.05) is 6.61 Å². The highest BCUT2D eigenvalue weighted by molar-refractivity contribution is 6.33. The molecule has 3 rings (SSSR count). The van der Waals surface area contributed by atoms with Crippen molar-refractivity contribution >= 4 is 29.5 Å². The van der Waals surface area contributed by atoms with E-state index in [0.717, 1.165) is 0 Å². The first-order valence-electron chi connectivity index (χ1n) is 7.33. The molecule has 0 fully saturated rings. The zero-order valence-corrected chi connectivity index (χ0v) is 12.9. The fourth-order valence-electron chi connectivity index (χ4n) is 2.68. The number of carbonyl (C=O) groups excluding carboxylic acids is 2. The number of allylic oxidation sites excluding steroid dienone is 1. The van der Waals surface area contributed by atoms with Gasteiger partial charge in [0.15, 0.2) is 0 Å². The average molecular weight is 326 g/mol. The van der Waals surface area contributed by atoms with Crippen molar-refractivity contribution in [3.63, 3.8) is 0 Å². The van der Waals surface area contributed by atoms with Crippen LogP contribution in [0, 0.1) is 0 Å². The van der Waals surface area contributed by atoms with Crippen molar-refractivity contribution in [3.05, 3.63) is 53.1 Å². The van der Waals surface area contributed by atoms with Gasteiger partial charge in [0.05, 0.1) is 18.7 Å². The van der Waals surface area contributed by atoms with Gasteiger partial charge in [0.1, 0.15) is 0 Å². The second-order valence-electron chi connectivity index (χ2n) is 5.14. The Kier molecular flexibility index (Phi) is 3.99. The number of benzene rings is 1. The molecule has 7 heteroatoms. The molecule has 0 spiro atoms. The number of carboxylic acids is 1. The van der Waals surface area contributed by atoms with E-state index in [1.54, 1.807) is 31.2 Å². The number of aromatic nitrogens is 2. The van der Waals surface area contributed by atoms with E-state index in [4.69, 9.17) is 9.84 Å². The molecule has 0 aliphatic heterocycles. The Hall–Kier alpha value is -3.22. The molecule has 24 heavy (non-hydrogen) atoms. The number of hydrogen-bond acceptors (Lipinski definition) is 5. The number of Topliss-reactive ketones (excluding diaryl/α,β-unsaturated/α-hetero) is 1. The zero-order chi connectivity index (χ0) is 17.3. The van der Waals surface area contributed by atoms with E-state index in [1.807, 2.05) is 0 Å². The number of rotatable bonds is 5. The maximum Gasteiger partial charge on any atom is 0.372 e. The van der Waals surface area contributed by atoms with Crippen molar-refractivity contribution in [2.24, 2.45) is 0 Å². The lowest BCUT2D eigenvalue weighted by Gasteiger charge is -2.06. The Morgan fingerprint density at radius 3 is 2.83 bits per heavy atom. The van der Waals surface area contributed by atoms with Gasteiger partial charge in [0, 0.05) is 18.0 Å². The number of fused-ring (bicyclic) bond motifs is 1. The van der Waals surface area contributed by atoms with Crippen LogP contribution >= 0.6 is 0 Å². The van der Waals surface area contributed by atoms with Crippen LogP contribution in [0.15, 0.2) is 30.6 Å². The number of hydrogen-bond donors (Lipinski definition) is 1. The second-order valence-corrected chi connectivity index (χ2v) is 5.14. The third-order valence-electron chi connectivity index (χ3n) is 3.69. The van der Waals surface area contributed by atoms with Crippen LogP contribution in [0.2, 0.25) is 0 Å². The van der Waals surface area contributed by atoms with E-state index in [9.17, 15) is 14.4 Å². The molecule has 0 bridgehead atoms. The molecule has 1 aliphatic carbocycles. The van der Waals surface area contributed by atoms with Crippen LogP contribution in [-0.4, -0.2) is 39.0 Å². The lowest BCUT2D eigenvalue weighted by atomic mass is 10.0. The third-order valence-corrected chi connectivity index (χ3v) is 3.69. The molecule has 0 unspecified atom stereocenters. The minimum atomic E-state index is -1.23. The van der Waals surface area contributed by atoms with E-state index >= 15 is 0 Å². The molecular formula is C17H14N2O5. The van der Waals surface area contributed by atoms with E-state index < -0.39 is 5.97 Å². The SMILES string of the molecule is CCOC(=O)Cc1cccc2c1C=C(n1ccnc1C(=O)O)C2=O. The summed E-state index contributed by atoms with van der Waals surface area (Å²) in [6.07, 6.45) is 4.37. The first-order valence-corrected chi connectivity index (χ1v) is 7.33. The van der Waals surface area contributed by atoms with Gasteiger partial charge in [-0.1, -0.05) is 18.2 Å². The average Bonchev–Trinajstić information content (AvgIpc) is 3.13. The largest absolute Gasteiger partial charge is 0.475 e. The fourth-order valence-corrected chi connectivity index (χ4v) is 2.68. The summed E-state index contributed by atoms with van der Waals surface area (Å²) >= 11 is 0. The number of nitrogens with zero attached hydrogens (tertiary/aromatic N) is 2. The summed E-state index contributed by atoms with van der Waals surface area (Å²) in [5.41, 5.74) is 1.88. The molecule has 122 valence electrons. The third kappa shape index (κ3) is 2.60. The summed E-state index contributed by atoms with van der Waals surface area (Å²) in [5, 5.41) is 9.17. The summed E-state index contributed by atoms with van der Waals surface area (Å²) in [6.45, 7) is 2.01. The highest BCUT2D eigenvalue weighted by atomic mass is 16.5. The number of aromatic carboxylic acids is 1. The van der Waals surface area contributed by atoms with Gasteiger partial charge in [-0.25, -0.2) is 9.78 Å². The van der Waals surface area contributed by atoms with Crippen LogP contribution in [-0.2, 0) is 16.0 Å². The van der Waals surface area contributed by atoms with Crippen molar-refractivity contribution < 1.29 is 24.2 Å². The quantitative estimate of drug-likeness (QED) is 0.842. The summed E-state index contributed by atoms with van der Waals surface area (Å²) in [4.78, 5) is 39.3. The number of carboxylic acid groups (broad SMARTS) is 1. The van der Waals surface area contributed by atoms with E-state index in [1.165, 1.54) is 17.0 Å². The predicted molar refractivity (Wildman–Crippen MR) is 84.5 cm³/mol. The molecule has 1 aromatic carbocycles. The normalized spacial score (nSPS) is 12.7. The summed E-state index contributed by atoms with van der Waals surface area (Å²) in [5.74, 6) is -2.16. The molecular weight excluding hydrogens is 312 g/mol. The number of imidazole rings is 1. The van der Waals surface area contributed by atoms with Gasteiger partial charge in [-0.05, 0) is 24.1 Å². The topological polar surface area (TPSA) is 98.5 Å². The molecule has 0 saturated carbocycles. The maximum atomic E-state index is 12.6. The Bertz CT molecular complexity index is 879. The summed E-state index contributed by atoms with van der Waals surface area (Å²) in [6, 6.07) is 5.08. The van der Waals surface area contributed by atoms with Gasteiger partial charge in [0.25, 0.3) is 0 Å². The van der Waals surface area contributed by atoms with Crippen molar-refractivity contribution in [1.82, 2.24) is 9.55 Å². The highest BCUT2D eigenvalue weighted by Gasteiger charge is 2.28. The molecule has 7 nitrogen and oxygen atoms in total. The van der Waals surface area contributed by atoms with Crippen molar-refractivity contribution in [1.29, 1.82) is 0 Å². The summed E-state index contributed by atoms with van der Waals surface area (Å²) < 4.78 is 6.18. The lowest BCUT2D eigenvalue weighted by Crippen LogP contribution is -2.12. The Morgan fingerprint density at radius 2 is 2.12 bits per heavy atom. The number of ketones is 1. The van der Waals surface area contributed by atoms with E-state index in [-0.39, 0.29) is 36.3 Å². The predicted octanol–water partition coefficient (Wildman–Crippen LogP) is 1.88. The minimum absolute atomic E-state index is 0.0454. The van der Waals surface area contributed by atoms with E-state index in [2.05, 4.69) is 4.98 Å². The molecule has 2 aromatic rings. The van der Waals surface area contributed by atoms with Crippen LogP contribution in [0.4, 0.5) is 0 Å². The monoisotopic (exact) mass is 326 g/mol. The van der Waals surface area contributed by atoms with Gasteiger partial charge < -0.3 is 9.84 Å². The molecule has 0 amide bonds. The second kappa shape index (κ2) is 6.11. The van der Waals surface area contributed by atoms with Gasteiger partial charge in [-0.2, -0.15) is 0 Å². The minimum Gasteiger partial charge on any atom is -0.475 e. The number of ether oxygens (including phenoxy) is 1. The van der Waals surface area contributed by atoms with Gasteiger partial charge in [-0.3, -0.25) is 14.2 Å². The van der Waals surface area contributed by atoms with Crippen LogP contribution in [0.25, 0.3) is 11.8 Å². The molecule has 1 heterocycles. The van der Waals surface area contributed by atoms with Crippen LogP contribution in [0.3, 0.4) is 0 Å². The smallest absolute Gasteiger partial charge is 0.372 e. The maximum absolute atomic E-state index is 12.6. The standard InChI is InChI=1S/C17H14N2O5/c1-2-24-14(20)8-10-4-3-5-11-12(10)9-13(15(11)21)19-7-6-18-16(19)17(22)23/h3-7,9H,2,8H2,1H3,(H,22,23). The van der Waals surface area contributed by atoms with Gasteiger partial charge >= 0.3 is 11.9 Å². The van der Waals surface area contributed by atoms with Crippen LogP contribution in [0.5, 0.6) is 0 Å². The molecule has 0 radical (unpaired) electrons. The van der Waals surface area contributed by atoms with Gasteiger partial charge in [0.2, 0.25) is 11.6 Å².